The number of amides is 2. The Morgan fingerprint density at radius 2 is 1.69 bits per heavy atom. The van der Waals surface area contributed by atoms with Gasteiger partial charge in [-0.2, -0.15) is 0 Å². The normalized spacial score (nSPS) is 19.7. The lowest BCUT2D eigenvalue weighted by Gasteiger charge is -2.21. The highest BCUT2D eigenvalue weighted by atomic mass is 16.5. The third kappa shape index (κ3) is 5.66. The van der Waals surface area contributed by atoms with Gasteiger partial charge in [-0.05, 0) is 46.9 Å². The number of fused-ring (bicyclic) bond motifs is 3. The molecule has 7 heteroatoms. The first-order valence-electron chi connectivity index (χ1n) is 12.4. The van der Waals surface area contributed by atoms with Crippen LogP contribution in [-0.4, -0.2) is 54.2 Å². The third-order valence-electron chi connectivity index (χ3n) is 7.36. The van der Waals surface area contributed by atoms with Gasteiger partial charge in [0.2, 0.25) is 5.91 Å². The quantitative estimate of drug-likeness (QED) is 0.517. The largest absolute Gasteiger partial charge is 0.481 e. The van der Waals surface area contributed by atoms with Gasteiger partial charge >= 0.3 is 12.1 Å². The average molecular weight is 479 g/mol. The molecule has 186 valence electrons. The van der Waals surface area contributed by atoms with Crippen LogP contribution in [0, 0.1) is 17.8 Å². The number of likely N-dealkylation sites (tertiary alicyclic amines) is 1. The minimum Gasteiger partial charge on any atom is -0.481 e. The smallest absolute Gasteiger partial charge is 0.407 e. The number of alkyl carbamates (subject to hydrolysis) is 1. The molecule has 0 spiro atoms. The Labute approximate surface area is 206 Å². The molecule has 35 heavy (non-hydrogen) atoms. The molecule has 7 nitrogen and oxygen atoms in total. The highest BCUT2D eigenvalue weighted by Crippen LogP contribution is 2.44. The number of nitrogens with one attached hydrogen (secondary N) is 1. The molecule has 1 fully saturated rings. The van der Waals surface area contributed by atoms with E-state index in [2.05, 4.69) is 29.6 Å². The van der Waals surface area contributed by atoms with Crippen LogP contribution in [0.25, 0.3) is 11.1 Å². The third-order valence-corrected chi connectivity index (χ3v) is 7.36. The van der Waals surface area contributed by atoms with Crippen molar-refractivity contribution in [1.82, 2.24) is 10.2 Å². The van der Waals surface area contributed by atoms with Gasteiger partial charge in [-0.3, -0.25) is 9.59 Å². The number of hydrogen-bond donors (Lipinski definition) is 2. The van der Waals surface area contributed by atoms with E-state index in [9.17, 15) is 14.4 Å². The van der Waals surface area contributed by atoms with E-state index in [0.717, 1.165) is 0 Å². The van der Waals surface area contributed by atoms with Gasteiger partial charge < -0.3 is 20.1 Å². The van der Waals surface area contributed by atoms with Crippen LogP contribution in [0.5, 0.6) is 0 Å². The predicted octanol–water partition coefficient (Wildman–Crippen LogP) is 4.51. The second kappa shape index (κ2) is 10.9. The van der Waals surface area contributed by atoms with E-state index >= 15 is 0 Å². The molecule has 2 aliphatic rings. The number of rotatable bonds is 9. The van der Waals surface area contributed by atoms with Crippen LogP contribution in [0.1, 0.15) is 50.2 Å². The molecule has 1 saturated heterocycles. The summed E-state index contributed by atoms with van der Waals surface area (Å²) in [4.78, 5) is 37.9. The summed E-state index contributed by atoms with van der Waals surface area (Å²) in [5.74, 6) is -0.695. The number of carbonyl (C=O) groups excluding carboxylic acids is 2. The van der Waals surface area contributed by atoms with Gasteiger partial charge in [-0.15, -0.1) is 0 Å². The topological polar surface area (TPSA) is 95.9 Å². The van der Waals surface area contributed by atoms with Crippen LogP contribution < -0.4 is 5.32 Å². The zero-order valence-electron chi connectivity index (χ0n) is 20.4. The average Bonchev–Trinajstić information content (AvgIpc) is 3.37. The van der Waals surface area contributed by atoms with Gasteiger partial charge in [0, 0.05) is 31.5 Å². The van der Waals surface area contributed by atoms with Gasteiger partial charge in [0.05, 0.1) is 6.42 Å². The van der Waals surface area contributed by atoms with Crippen LogP contribution in [-0.2, 0) is 14.3 Å². The van der Waals surface area contributed by atoms with Crippen molar-refractivity contribution in [2.45, 2.75) is 39.0 Å². The summed E-state index contributed by atoms with van der Waals surface area (Å²) in [5, 5.41) is 11.9. The Hall–Kier alpha value is -3.35. The maximum Gasteiger partial charge on any atom is 0.407 e. The van der Waals surface area contributed by atoms with E-state index < -0.39 is 12.1 Å². The van der Waals surface area contributed by atoms with Crippen molar-refractivity contribution >= 4 is 18.0 Å². The summed E-state index contributed by atoms with van der Waals surface area (Å²) in [6.07, 6.45) is 0.968. The van der Waals surface area contributed by atoms with Crippen molar-refractivity contribution in [3.05, 3.63) is 59.7 Å². The Kier molecular flexibility index (Phi) is 7.73. The summed E-state index contributed by atoms with van der Waals surface area (Å²) in [7, 11) is 0. The Morgan fingerprint density at radius 1 is 1.06 bits per heavy atom. The fourth-order valence-electron chi connectivity index (χ4n) is 5.39. The van der Waals surface area contributed by atoms with Gasteiger partial charge in [-0.1, -0.05) is 62.4 Å². The first-order valence-corrected chi connectivity index (χ1v) is 12.4. The van der Waals surface area contributed by atoms with E-state index in [-0.39, 0.29) is 42.6 Å². The fourth-order valence-corrected chi connectivity index (χ4v) is 5.39. The number of hydrogen-bond acceptors (Lipinski definition) is 4. The minimum atomic E-state index is -0.816. The highest BCUT2D eigenvalue weighted by Gasteiger charge is 2.35. The second-order valence-corrected chi connectivity index (χ2v) is 9.87. The molecule has 1 heterocycles. The first-order chi connectivity index (χ1) is 16.8. The summed E-state index contributed by atoms with van der Waals surface area (Å²) < 4.78 is 5.56. The number of benzene rings is 2. The molecular weight excluding hydrogens is 444 g/mol. The number of carboxylic acid groups (broad SMARTS) is 1. The number of nitrogens with zero attached hydrogens (tertiary/aromatic N) is 1. The number of carboxylic acids is 1. The molecule has 0 bridgehead atoms. The zero-order valence-corrected chi connectivity index (χ0v) is 20.4. The van der Waals surface area contributed by atoms with Crippen LogP contribution in [0.2, 0.25) is 0 Å². The molecule has 1 aliphatic heterocycles. The fraction of sp³-hybridized carbons (Fsp3) is 0.464. The van der Waals surface area contributed by atoms with E-state index in [4.69, 9.17) is 9.84 Å². The molecule has 2 aromatic carbocycles. The molecule has 1 unspecified atom stereocenters. The molecule has 0 saturated carbocycles. The van der Waals surface area contributed by atoms with Crippen molar-refractivity contribution in [3.63, 3.8) is 0 Å². The summed E-state index contributed by atoms with van der Waals surface area (Å²) in [6, 6.07) is 16.4. The maximum absolute atomic E-state index is 12.8. The van der Waals surface area contributed by atoms with Crippen LogP contribution in [0.3, 0.4) is 0 Å². The molecule has 3 atom stereocenters. The highest BCUT2D eigenvalue weighted by molar-refractivity contribution is 5.80. The Bertz CT molecular complexity index is 1040. The number of ether oxygens (including phenoxy) is 1. The SMILES string of the molecule is CC(CCCNC(=O)OCC1c2ccccc2-c2ccccc21)C(=O)N1C[C@@H](CC(=O)O)[C@H](C)C1. The van der Waals surface area contributed by atoms with E-state index in [1.807, 2.05) is 38.1 Å². The molecule has 0 radical (unpaired) electrons. The molecule has 1 aliphatic carbocycles. The molecule has 2 amide bonds. The minimum absolute atomic E-state index is 0.0129. The molecule has 2 N–H and O–H groups in total. The summed E-state index contributed by atoms with van der Waals surface area (Å²) in [6.45, 7) is 5.73. The zero-order chi connectivity index (χ0) is 24.9. The van der Waals surface area contributed by atoms with Crippen LogP contribution in [0.4, 0.5) is 4.79 Å². The maximum atomic E-state index is 12.8. The lowest BCUT2D eigenvalue weighted by molar-refractivity contribution is -0.139. The van der Waals surface area contributed by atoms with E-state index in [1.54, 1.807) is 4.90 Å². The van der Waals surface area contributed by atoms with Gasteiger partial charge in [0.15, 0.2) is 0 Å². The monoisotopic (exact) mass is 478 g/mol. The van der Waals surface area contributed by atoms with Crippen molar-refractivity contribution in [1.29, 1.82) is 0 Å². The summed E-state index contributed by atoms with van der Waals surface area (Å²) in [5.41, 5.74) is 4.74. The van der Waals surface area contributed by atoms with Gasteiger partial charge in [0.25, 0.3) is 0 Å². The molecule has 4 rings (SSSR count). The van der Waals surface area contributed by atoms with Crippen molar-refractivity contribution < 1.29 is 24.2 Å². The van der Waals surface area contributed by atoms with Gasteiger partial charge in [0.1, 0.15) is 6.61 Å². The van der Waals surface area contributed by atoms with Crippen molar-refractivity contribution in [2.75, 3.05) is 26.2 Å². The van der Waals surface area contributed by atoms with Crippen LogP contribution in [0.15, 0.2) is 48.5 Å². The first kappa shape index (κ1) is 24.8. The van der Waals surface area contributed by atoms with E-state index in [1.165, 1.54) is 22.3 Å². The summed E-state index contributed by atoms with van der Waals surface area (Å²) >= 11 is 0. The van der Waals surface area contributed by atoms with Crippen molar-refractivity contribution in [3.8, 4) is 11.1 Å². The number of aliphatic carboxylic acids is 1. The number of carbonyl (C=O) groups is 3. The second-order valence-electron chi connectivity index (χ2n) is 9.87. The lowest BCUT2D eigenvalue weighted by atomic mass is 9.95. The molecular formula is C28H34N2O5. The van der Waals surface area contributed by atoms with E-state index in [0.29, 0.717) is 32.5 Å². The molecule has 0 aromatic heterocycles. The Balaban J connectivity index is 1.19. The van der Waals surface area contributed by atoms with Gasteiger partial charge in [-0.25, -0.2) is 4.79 Å². The molecule has 2 aromatic rings. The standard InChI is InChI=1S/C28H34N2O5/c1-18(27(33)30-15-19(2)20(16-30)14-26(31)32)8-7-13-29-28(34)35-17-25-23-11-5-3-9-21(23)22-10-4-6-12-24(22)25/h3-6,9-12,18-20,25H,7-8,13-17H2,1-2H3,(H,29,34)(H,31,32)/t18?,19-,20-/m1/s1. The Morgan fingerprint density at radius 3 is 2.31 bits per heavy atom. The van der Waals surface area contributed by atoms with Crippen LogP contribution >= 0.6 is 0 Å². The predicted molar refractivity (Wildman–Crippen MR) is 133 cm³/mol. The lowest BCUT2D eigenvalue weighted by Crippen LogP contribution is -2.34. The van der Waals surface area contributed by atoms with Crippen molar-refractivity contribution in [2.24, 2.45) is 17.8 Å².